The van der Waals surface area contributed by atoms with Crippen molar-refractivity contribution in [2.24, 2.45) is 5.10 Å². The van der Waals surface area contributed by atoms with Crippen molar-refractivity contribution < 1.29 is 13.2 Å². The summed E-state index contributed by atoms with van der Waals surface area (Å²) in [5, 5.41) is 3.83. The molecule has 0 saturated heterocycles. The van der Waals surface area contributed by atoms with Gasteiger partial charge in [-0.2, -0.15) is 13.5 Å². The van der Waals surface area contributed by atoms with Gasteiger partial charge in [0.1, 0.15) is 5.75 Å². The molecule has 1 N–H and O–H groups in total. The zero-order valence-corrected chi connectivity index (χ0v) is 15.1. The normalized spacial score (nSPS) is 11.9. The minimum Gasteiger partial charge on any atom is -0.491 e. The maximum Gasteiger partial charge on any atom is 0.276 e. The lowest BCUT2D eigenvalue weighted by Gasteiger charge is -2.09. The van der Waals surface area contributed by atoms with Gasteiger partial charge in [0.2, 0.25) is 0 Å². The van der Waals surface area contributed by atoms with E-state index in [0.29, 0.717) is 0 Å². The fourth-order valence-corrected chi connectivity index (χ4v) is 2.88. The van der Waals surface area contributed by atoms with E-state index in [9.17, 15) is 8.42 Å². The number of nitrogens with one attached hydrogen (secondary N) is 1. The van der Waals surface area contributed by atoms with Gasteiger partial charge < -0.3 is 4.74 Å². The highest BCUT2D eigenvalue weighted by molar-refractivity contribution is 7.89. The van der Waals surface area contributed by atoms with Crippen LogP contribution in [-0.4, -0.2) is 20.7 Å². The molecule has 0 amide bonds. The topological polar surface area (TPSA) is 67.8 Å². The molecule has 6 heteroatoms. The number of hydrogen-bond donors (Lipinski definition) is 1. The van der Waals surface area contributed by atoms with E-state index in [0.717, 1.165) is 22.4 Å². The second kappa shape index (κ2) is 7.49. The molecule has 0 atom stereocenters. The number of nitrogens with zero attached hydrogens (tertiary/aromatic N) is 1. The molecule has 0 aliphatic carbocycles. The van der Waals surface area contributed by atoms with Gasteiger partial charge in [-0.1, -0.05) is 6.07 Å². The predicted octanol–water partition coefficient (Wildman–Crippen LogP) is 3.40. The minimum atomic E-state index is -3.67. The molecule has 0 unspecified atom stereocenters. The molecule has 2 aromatic rings. The van der Waals surface area contributed by atoms with Gasteiger partial charge in [-0.15, -0.1) is 0 Å². The molecule has 2 aromatic carbocycles. The molecular weight excluding hydrogens is 324 g/mol. The Morgan fingerprint density at radius 1 is 1.04 bits per heavy atom. The number of hydrazone groups is 1. The lowest BCUT2D eigenvalue weighted by atomic mass is 10.1. The Hall–Kier alpha value is -2.34. The Labute approximate surface area is 143 Å². The third kappa shape index (κ3) is 4.83. The summed E-state index contributed by atoms with van der Waals surface area (Å²) >= 11 is 0. The standard InChI is InChI=1S/C18H22N2O3S/c1-13(2)23-17-8-6-16(7-9-17)12-19-20-24(21,22)18-10-5-14(3)15(4)11-18/h5-13,20H,1-4H3/b19-12+. The Bertz CT molecular complexity index is 826. The second-order valence-electron chi connectivity index (χ2n) is 5.83. The summed E-state index contributed by atoms with van der Waals surface area (Å²) in [6, 6.07) is 12.2. The molecule has 0 saturated carbocycles. The van der Waals surface area contributed by atoms with Crippen LogP contribution in [0.25, 0.3) is 0 Å². The number of benzene rings is 2. The van der Waals surface area contributed by atoms with Gasteiger partial charge in [-0.05, 0) is 80.8 Å². The van der Waals surface area contributed by atoms with Crippen LogP contribution in [0.5, 0.6) is 5.75 Å². The van der Waals surface area contributed by atoms with Crippen molar-refractivity contribution in [1.82, 2.24) is 4.83 Å². The van der Waals surface area contributed by atoms with Crippen LogP contribution in [0.1, 0.15) is 30.5 Å². The Morgan fingerprint density at radius 2 is 1.71 bits per heavy atom. The van der Waals surface area contributed by atoms with Gasteiger partial charge in [0.05, 0.1) is 17.2 Å². The van der Waals surface area contributed by atoms with Crippen LogP contribution in [0.4, 0.5) is 0 Å². The number of ether oxygens (including phenoxy) is 1. The molecule has 0 heterocycles. The van der Waals surface area contributed by atoms with Crippen LogP contribution in [0.15, 0.2) is 52.5 Å². The lowest BCUT2D eigenvalue weighted by molar-refractivity contribution is 0.242. The zero-order chi connectivity index (χ0) is 17.7. The van der Waals surface area contributed by atoms with Crippen LogP contribution in [-0.2, 0) is 10.0 Å². The summed E-state index contributed by atoms with van der Waals surface area (Å²) in [6.07, 6.45) is 1.56. The van der Waals surface area contributed by atoms with Crippen molar-refractivity contribution >= 4 is 16.2 Å². The van der Waals surface area contributed by atoms with E-state index >= 15 is 0 Å². The number of sulfonamides is 1. The molecule has 0 aromatic heterocycles. The van der Waals surface area contributed by atoms with Crippen molar-refractivity contribution in [1.29, 1.82) is 0 Å². The smallest absolute Gasteiger partial charge is 0.276 e. The Morgan fingerprint density at radius 3 is 2.29 bits per heavy atom. The molecule has 0 aliphatic rings. The summed E-state index contributed by atoms with van der Waals surface area (Å²) in [7, 11) is -3.67. The molecule has 0 spiro atoms. The van der Waals surface area contributed by atoms with Gasteiger partial charge in [0.25, 0.3) is 10.0 Å². The fourth-order valence-electron chi connectivity index (χ4n) is 2.01. The Balaban J connectivity index is 2.05. The highest BCUT2D eigenvalue weighted by Gasteiger charge is 2.13. The molecule has 0 bridgehead atoms. The first-order valence-corrected chi connectivity index (χ1v) is 9.15. The van der Waals surface area contributed by atoms with Gasteiger partial charge in [-0.3, -0.25) is 0 Å². The monoisotopic (exact) mass is 346 g/mol. The van der Waals surface area contributed by atoms with E-state index in [2.05, 4.69) is 9.93 Å². The third-order valence-electron chi connectivity index (χ3n) is 3.43. The first-order chi connectivity index (χ1) is 11.3. The molecular formula is C18H22N2O3S. The highest BCUT2D eigenvalue weighted by atomic mass is 32.2. The number of aryl methyl sites for hydroxylation is 2. The summed E-state index contributed by atoms with van der Waals surface area (Å²) < 4.78 is 30.0. The summed E-state index contributed by atoms with van der Waals surface area (Å²) in [5.41, 5.74) is 2.73. The van der Waals surface area contributed by atoms with Gasteiger partial charge in [0, 0.05) is 0 Å². The van der Waals surface area contributed by atoms with Crippen LogP contribution in [0.2, 0.25) is 0 Å². The quantitative estimate of drug-likeness (QED) is 0.644. The Kier molecular flexibility index (Phi) is 5.62. The lowest BCUT2D eigenvalue weighted by Crippen LogP contribution is -2.18. The van der Waals surface area contributed by atoms with Crippen LogP contribution >= 0.6 is 0 Å². The third-order valence-corrected chi connectivity index (χ3v) is 4.65. The average molecular weight is 346 g/mol. The van der Waals surface area contributed by atoms with Crippen molar-refractivity contribution in [2.45, 2.75) is 38.7 Å². The SMILES string of the molecule is Cc1ccc(S(=O)(=O)N/N=C/c2ccc(OC(C)C)cc2)cc1C. The van der Waals surface area contributed by atoms with Crippen LogP contribution in [0.3, 0.4) is 0 Å². The van der Waals surface area contributed by atoms with Crippen molar-refractivity contribution in [3.05, 3.63) is 59.2 Å². The summed E-state index contributed by atoms with van der Waals surface area (Å²) in [4.78, 5) is 2.43. The molecule has 5 nitrogen and oxygen atoms in total. The van der Waals surface area contributed by atoms with E-state index in [1.165, 1.54) is 6.21 Å². The van der Waals surface area contributed by atoms with Crippen molar-refractivity contribution in [2.75, 3.05) is 0 Å². The van der Waals surface area contributed by atoms with E-state index in [-0.39, 0.29) is 11.0 Å². The second-order valence-corrected chi connectivity index (χ2v) is 7.50. The summed E-state index contributed by atoms with van der Waals surface area (Å²) in [5.74, 6) is 0.762. The fraction of sp³-hybridized carbons (Fsp3) is 0.278. The number of rotatable bonds is 6. The predicted molar refractivity (Wildman–Crippen MR) is 96.0 cm³/mol. The molecule has 2 rings (SSSR count). The maximum atomic E-state index is 12.2. The maximum absolute atomic E-state index is 12.2. The molecule has 128 valence electrons. The van der Waals surface area contributed by atoms with Crippen molar-refractivity contribution in [3.63, 3.8) is 0 Å². The average Bonchev–Trinajstić information content (AvgIpc) is 2.51. The molecule has 0 radical (unpaired) electrons. The molecule has 0 fully saturated rings. The van der Waals surface area contributed by atoms with Gasteiger partial charge in [0.15, 0.2) is 0 Å². The highest BCUT2D eigenvalue weighted by Crippen LogP contribution is 2.15. The molecule has 0 aliphatic heterocycles. The van der Waals surface area contributed by atoms with Gasteiger partial charge in [-0.25, -0.2) is 4.83 Å². The van der Waals surface area contributed by atoms with Gasteiger partial charge >= 0.3 is 0 Å². The molecule has 24 heavy (non-hydrogen) atoms. The van der Waals surface area contributed by atoms with E-state index in [4.69, 9.17) is 4.74 Å². The van der Waals surface area contributed by atoms with E-state index in [1.807, 2.05) is 52.0 Å². The summed E-state index contributed by atoms with van der Waals surface area (Å²) in [6.45, 7) is 7.72. The van der Waals surface area contributed by atoms with E-state index in [1.54, 1.807) is 18.2 Å². The van der Waals surface area contributed by atoms with Crippen molar-refractivity contribution in [3.8, 4) is 5.75 Å². The first kappa shape index (κ1) is 18.0. The zero-order valence-electron chi connectivity index (χ0n) is 14.3. The van der Waals surface area contributed by atoms with Crippen LogP contribution in [0, 0.1) is 13.8 Å². The van der Waals surface area contributed by atoms with E-state index < -0.39 is 10.0 Å². The van der Waals surface area contributed by atoms with Crippen LogP contribution < -0.4 is 9.57 Å². The largest absolute Gasteiger partial charge is 0.491 e. The first-order valence-electron chi connectivity index (χ1n) is 7.67. The number of hydrogen-bond acceptors (Lipinski definition) is 4. The minimum absolute atomic E-state index is 0.106.